The molecule has 16 heavy (non-hydrogen) atoms. The zero-order valence-electron chi connectivity index (χ0n) is 10.2. The Bertz CT molecular complexity index is 339. The first-order valence-corrected chi connectivity index (χ1v) is 5.25. The van der Waals surface area contributed by atoms with Crippen LogP contribution in [0.1, 0.15) is 13.8 Å². The average Bonchev–Trinajstić information content (AvgIpc) is 2.29. The Morgan fingerprint density at radius 3 is 2.38 bits per heavy atom. The second kappa shape index (κ2) is 5.61. The van der Waals surface area contributed by atoms with Crippen LogP contribution in [-0.2, 0) is 0 Å². The number of aliphatic hydroxyl groups excluding tert-OH is 1. The van der Waals surface area contributed by atoms with Gasteiger partial charge < -0.3 is 19.9 Å². The molecule has 4 nitrogen and oxygen atoms in total. The van der Waals surface area contributed by atoms with E-state index < -0.39 is 6.10 Å². The summed E-state index contributed by atoms with van der Waals surface area (Å²) in [6, 6.07) is 5.48. The molecule has 0 fully saturated rings. The van der Waals surface area contributed by atoms with Crippen LogP contribution in [0, 0.1) is 0 Å². The molecule has 90 valence electrons. The van der Waals surface area contributed by atoms with Crippen molar-refractivity contribution in [2.45, 2.75) is 26.0 Å². The van der Waals surface area contributed by atoms with Gasteiger partial charge in [-0.15, -0.1) is 0 Å². The number of aliphatic hydroxyl groups is 1. The van der Waals surface area contributed by atoms with Crippen molar-refractivity contribution in [2.24, 2.45) is 0 Å². The SMILES string of the molecule is COc1ccc(NC(C)C(C)O)c(OC)c1. The van der Waals surface area contributed by atoms with Crippen molar-refractivity contribution >= 4 is 5.69 Å². The summed E-state index contributed by atoms with van der Waals surface area (Å²) in [6.45, 7) is 3.65. The third-order valence-corrected chi connectivity index (χ3v) is 2.52. The van der Waals surface area contributed by atoms with Gasteiger partial charge >= 0.3 is 0 Å². The summed E-state index contributed by atoms with van der Waals surface area (Å²) in [5, 5.41) is 12.6. The lowest BCUT2D eigenvalue weighted by Gasteiger charge is -2.20. The van der Waals surface area contributed by atoms with Crippen LogP contribution < -0.4 is 14.8 Å². The van der Waals surface area contributed by atoms with Crippen molar-refractivity contribution in [3.8, 4) is 11.5 Å². The van der Waals surface area contributed by atoms with Crippen LogP contribution in [0.2, 0.25) is 0 Å². The maximum atomic E-state index is 9.42. The van der Waals surface area contributed by atoms with Gasteiger partial charge in [-0.1, -0.05) is 0 Å². The minimum atomic E-state index is -0.424. The molecule has 1 aromatic carbocycles. The molecule has 0 aliphatic heterocycles. The summed E-state index contributed by atoms with van der Waals surface area (Å²) in [5.74, 6) is 1.44. The molecular weight excluding hydrogens is 206 g/mol. The Balaban J connectivity index is 2.87. The Morgan fingerprint density at radius 2 is 1.88 bits per heavy atom. The first-order chi connectivity index (χ1) is 7.58. The van der Waals surface area contributed by atoms with Crippen LogP contribution in [-0.4, -0.2) is 31.5 Å². The molecule has 0 aromatic heterocycles. The number of anilines is 1. The van der Waals surface area contributed by atoms with Crippen molar-refractivity contribution < 1.29 is 14.6 Å². The highest BCUT2D eigenvalue weighted by molar-refractivity contribution is 5.59. The number of nitrogens with one attached hydrogen (secondary N) is 1. The van der Waals surface area contributed by atoms with Gasteiger partial charge in [-0.05, 0) is 26.0 Å². The van der Waals surface area contributed by atoms with Crippen LogP contribution in [0.5, 0.6) is 11.5 Å². The Morgan fingerprint density at radius 1 is 1.19 bits per heavy atom. The number of methoxy groups -OCH3 is 2. The molecule has 2 atom stereocenters. The third kappa shape index (κ3) is 3.03. The standard InChI is InChI=1S/C12H19NO3/c1-8(9(2)14)13-11-6-5-10(15-3)7-12(11)16-4/h5-9,13-14H,1-4H3. The highest BCUT2D eigenvalue weighted by atomic mass is 16.5. The number of benzene rings is 1. The smallest absolute Gasteiger partial charge is 0.145 e. The van der Waals surface area contributed by atoms with E-state index in [2.05, 4.69) is 5.32 Å². The minimum Gasteiger partial charge on any atom is -0.497 e. The molecule has 2 N–H and O–H groups in total. The van der Waals surface area contributed by atoms with Crippen molar-refractivity contribution in [3.63, 3.8) is 0 Å². The molecule has 0 aliphatic rings. The normalized spacial score (nSPS) is 14.1. The molecule has 0 saturated carbocycles. The zero-order valence-corrected chi connectivity index (χ0v) is 10.2. The molecule has 0 bridgehead atoms. The molecule has 1 aromatic rings. The summed E-state index contributed by atoms with van der Waals surface area (Å²) >= 11 is 0. The van der Waals surface area contributed by atoms with Gasteiger partial charge in [-0.25, -0.2) is 0 Å². The summed E-state index contributed by atoms with van der Waals surface area (Å²) in [5.41, 5.74) is 0.844. The number of hydrogen-bond acceptors (Lipinski definition) is 4. The van der Waals surface area contributed by atoms with E-state index in [4.69, 9.17) is 9.47 Å². The molecule has 0 aliphatic carbocycles. The van der Waals surface area contributed by atoms with E-state index in [1.165, 1.54) is 0 Å². The number of rotatable bonds is 5. The Hall–Kier alpha value is -1.42. The third-order valence-electron chi connectivity index (χ3n) is 2.52. The van der Waals surface area contributed by atoms with Gasteiger partial charge in [-0.3, -0.25) is 0 Å². The molecule has 0 radical (unpaired) electrons. The predicted octanol–water partition coefficient (Wildman–Crippen LogP) is 1.88. The molecule has 0 spiro atoms. The molecule has 0 saturated heterocycles. The summed E-state index contributed by atoms with van der Waals surface area (Å²) < 4.78 is 10.4. The highest BCUT2D eigenvalue weighted by Gasteiger charge is 2.11. The Kier molecular flexibility index (Phi) is 4.43. The molecule has 0 amide bonds. The molecule has 2 unspecified atom stereocenters. The van der Waals surface area contributed by atoms with E-state index in [0.717, 1.165) is 11.4 Å². The topological polar surface area (TPSA) is 50.7 Å². The van der Waals surface area contributed by atoms with E-state index in [9.17, 15) is 5.11 Å². The molecule has 1 rings (SSSR count). The van der Waals surface area contributed by atoms with Crippen molar-refractivity contribution in [3.05, 3.63) is 18.2 Å². The number of hydrogen-bond donors (Lipinski definition) is 2. The first-order valence-electron chi connectivity index (χ1n) is 5.25. The van der Waals surface area contributed by atoms with Crippen LogP contribution in [0.15, 0.2) is 18.2 Å². The summed E-state index contributed by atoms with van der Waals surface area (Å²) in [4.78, 5) is 0. The fraction of sp³-hybridized carbons (Fsp3) is 0.500. The quantitative estimate of drug-likeness (QED) is 0.803. The maximum Gasteiger partial charge on any atom is 0.145 e. The van der Waals surface area contributed by atoms with Crippen LogP contribution in [0.3, 0.4) is 0 Å². The molecule has 0 heterocycles. The second-order valence-electron chi connectivity index (χ2n) is 3.74. The summed E-state index contributed by atoms with van der Waals surface area (Å²) in [6.07, 6.45) is -0.424. The Labute approximate surface area is 96.2 Å². The van der Waals surface area contributed by atoms with Crippen molar-refractivity contribution in [1.82, 2.24) is 0 Å². The summed E-state index contributed by atoms with van der Waals surface area (Å²) in [7, 11) is 3.22. The zero-order chi connectivity index (χ0) is 12.1. The van der Waals surface area contributed by atoms with E-state index >= 15 is 0 Å². The van der Waals surface area contributed by atoms with Crippen LogP contribution >= 0.6 is 0 Å². The maximum absolute atomic E-state index is 9.42. The molecule has 4 heteroatoms. The fourth-order valence-corrected chi connectivity index (χ4v) is 1.28. The minimum absolute atomic E-state index is 0.0395. The van der Waals surface area contributed by atoms with E-state index in [1.54, 1.807) is 27.2 Å². The lowest BCUT2D eigenvalue weighted by molar-refractivity contribution is 0.177. The van der Waals surface area contributed by atoms with Crippen LogP contribution in [0.4, 0.5) is 5.69 Å². The van der Waals surface area contributed by atoms with Gasteiger partial charge in [0.2, 0.25) is 0 Å². The lowest BCUT2D eigenvalue weighted by atomic mass is 10.2. The van der Waals surface area contributed by atoms with Crippen molar-refractivity contribution in [1.29, 1.82) is 0 Å². The largest absolute Gasteiger partial charge is 0.497 e. The monoisotopic (exact) mass is 225 g/mol. The fourth-order valence-electron chi connectivity index (χ4n) is 1.28. The van der Waals surface area contributed by atoms with Gasteiger partial charge in [0.25, 0.3) is 0 Å². The van der Waals surface area contributed by atoms with E-state index in [-0.39, 0.29) is 6.04 Å². The highest BCUT2D eigenvalue weighted by Crippen LogP contribution is 2.29. The van der Waals surface area contributed by atoms with Gasteiger partial charge in [0.1, 0.15) is 11.5 Å². The van der Waals surface area contributed by atoms with Gasteiger partial charge in [-0.2, -0.15) is 0 Å². The first kappa shape index (κ1) is 12.6. The van der Waals surface area contributed by atoms with Gasteiger partial charge in [0.05, 0.1) is 26.0 Å². The van der Waals surface area contributed by atoms with Crippen LogP contribution in [0.25, 0.3) is 0 Å². The van der Waals surface area contributed by atoms with E-state index in [1.807, 2.05) is 19.1 Å². The van der Waals surface area contributed by atoms with Gasteiger partial charge in [0, 0.05) is 12.1 Å². The predicted molar refractivity (Wildman–Crippen MR) is 64.3 cm³/mol. The lowest BCUT2D eigenvalue weighted by Crippen LogP contribution is -2.27. The average molecular weight is 225 g/mol. The number of ether oxygens (including phenoxy) is 2. The molecular formula is C12H19NO3. The van der Waals surface area contributed by atoms with Crippen molar-refractivity contribution in [2.75, 3.05) is 19.5 Å². The van der Waals surface area contributed by atoms with E-state index in [0.29, 0.717) is 5.75 Å². The van der Waals surface area contributed by atoms with Gasteiger partial charge in [0.15, 0.2) is 0 Å². The second-order valence-corrected chi connectivity index (χ2v) is 3.74.